The van der Waals surface area contributed by atoms with Gasteiger partial charge in [0.05, 0.1) is 5.56 Å². The molecule has 0 heterocycles. The van der Waals surface area contributed by atoms with Gasteiger partial charge in [0.25, 0.3) is 0 Å². The van der Waals surface area contributed by atoms with E-state index in [-0.39, 0.29) is 12.2 Å². The van der Waals surface area contributed by atoms with Crippen LogP contribution in [0.4, 0.5) is 8.78 Å². The number of carbonyl (C=O) groups is 1. The molecule has 2 nitrogen and oxygen atoms in total. The molecule has 0 aromatic heterocycles. The van der Waals surface area contributed by atoms with E-state index in [0.29, 0.717) is 10.8 Å². The second-order valence-corrected chi connectivity index (χ2v) is 4.68. The molecule has 0 unspecified atom stereocenters. The Hall–Kier alpha value is -1.94. The van der Waals surface area contributed by atoms with Crippen molar-refractivity contribution >= 4 is 17.4 Å². The Morgan fingerprint density at radius 1 is 1.20 bits per heavy atom. The summed E-state index contributed by atoms with van der Waals surface area (Å²) in [4.78, 5) is 11.8. The van der Waals surface area contributed by atoms with Crippen molar-refractivity contribution in [3.8, 4) is 5.75 Å². The number of ether oxygens (including phenoxy) is 1. The maximum atomic E-state index is 13.4. The zero-order valence-electron chi connectivity index (χ0n) is 10.6. The summed E-state index contributed by atoms with van der Waals surface area (Å²) in [6.07, 6.45) is 0. The molecule has 2 rings (SSSR count). The fraction of sp³-hybridized carbons (Fsp3) is 0.133. The summed E-state index contributed by atoms with van der Waals surface area (Å²) < 4.78 is 31.7. The van der Waals surface area contributed by atoms with Crippen LogP contribution in [0.25, 0.3) is 0 Å². The largest absolute Gasteiger partial charge is 0.485 e. The number of aryl methyl sites for hydroxylation is 1. The first-order valence-electron chi connectivity index (χ1n) is 5.84. The van der Waals surface area contributed by atoms with Crippen LogP contribution in [0.15, 0.2) is 36.4 Å². The molecule has 2 aromatic carbocycles. The molecule has 0 aliphatic heterocycles. The molecule has 0 saturated carbocycles. The summed E-state index contributed by atoms with van der Waals surface area (Å²) in [6.45, 7) is 1.40. The molecule has 5 heteroatoms. The number of hydrogen-bond acceptors (Lipinski definition) is 2. The zero-order chi connectivity index (χ0) is 14.7. The molecule has 0 amide bonds. The third-order valence-electron chi connectivity index (χ3n) is 2.72. The SMILES string of the molecule is Cc1cc(Cl)ccc1OCC(=O)c1cc(F)ccc1F. The highest BCUT2D eigenvalue weighted by Gasteiger charge is 2.14. The van der Waals surface area contributed by atoms with Crippen LogP contribution >= 0.6 is 11.6 Å². The van der Waals surface area contributed by atoms with Gasteiger partial charge < -0.3 is 4.74 Å². The average Bonchev–Trinajstić information content (AvgIpc) is 2.40. The van der Waals surface area contributed by atoms with Crippen LogP contribution in [0.2, 0.25) is 5.02 Å². The highest BCUT2D eigenvalue weighted by molar-refractivity contribution is 6.30. The van der Waals surface area contributed by atoms with Crippen molar-refractivity contribution < 1.29 is 18.3 Å². The predicted octanol–water partition coefficient (Wildman–Crippen LogP) is 4.19. The first kappa shape index (κ1) is 14.5. The lowest BCUT2D eigenvalue weighted by Gasteiger charge is -2.09. The van der Waals surface area contributed by atoms with E-state index in [1.54, 1.807) is 25.1 Å². The molecule has 104 valence electrons. The first-order chi connectivity index (χ1) is 9.47. The Balaban J connectivity index is 2.10. The lowest BCUT2D eigenvalue weighted by atomic mass is 10.1. The minimum atomic E-state index is -0.771. The van der Waals surface area contributed by atoms with E-state index in [0.717, 1.165) is 23.8 Å². The minimum absolute atomic E-state index is 0.323. The van der Waals surface area contributed by atoms with Gasteiger partial charge in [-0.2, -0.15) is 0 Å². The molecule has 0 radical (unpaired) electrons. The topological polar surface area (TPSA) is 26.3 Å². The number of ketones is 1. The number of benzene rings is 2. The number of Topliss-reactive ketones (excluding diaryl/α,β-unsaturated/α-hetero) is 1. The van der Waals surface area contributed by atoms with Gasteiger partial charge in [0, 0.05) is 5.02 Å². The summed E-state index contributed by atoms with van der Waals surface area (Å²) in [5.74, 6) is -1.60. The summed E-state index contributed by atoms with van der Waals surface area (Å²) in [5.41, 5.74) is 0.432. The summed E-state index contributed by atoms with van der Waals surface area (Å²) >= 11 is 5.80. The third kappa shape index (κ3) is 3.33. The molecule has 0 spiro atoms. The van der Waals surface area contributed by atoms with Crippen LogP contribution in [0, 0.1) is 18.6 Å². The van der Waals surface area contributed by atoms with Gasteiger partial charge in [-0.25, -0.2) is 8.78 Å². The van der Waals surface area contributed by atoms with Crippen molar-refractivity contribution in [3.63, 3.8) is 0 Å². The molecule has 0 aliphatic rings. The zero-order valence-corrected chi connectivity index (χ0v) is 11.4. The van der Waals surface area contributed by atoms with E-state index in [1.165, 1.54) is 0 Å². The molecule has 2 aromatic rings. The molecular formula is C15H11ClF2O2. The number of carbonyl (C=O) groups excluding carboxylic acids is 1. The lowest BCUT2D eigenvalue weighted by Crippen LogP contribution is -2.14. The van der Waals surface area contributed by atoms with Crippen molar-refractivity contribution in [1.29, 1.82) is 0 Å². The fourth-order valence-corrected chi connectivity index (χ4v) is 1.93. The predicted molar refractivity (Wildman–Crippen MR) is 72.4 cm³/mol. The van der Waals surface area contributed by atoms with Crippen molar-refractivity contribution in [2.24, 2.45) is 0 Å². The molecule has 0 aliphatic carbocycles. The van der Waals surface area contributed by atoms with Crippen molar-refractivity contribution in [2.45, 2.75) is 6.92 Å². The van der Waals surface area contributed by atoms with E-state index in [9.17, 15) is 13.6 Å². The summed E-state index contributed by atoms with van der Waals surface area (Å²) in [6, 6.07) is 7.65. The van der Waals surface area contributed by atoms with Crippen LogP contribution in [0.5, 0.6) is 5.75 Å². The molecule has 0 bridgehead atoms. The molecule has 0 fully saturated rings. The van der Waals surface area contributed by atoms with Crippen LogP contribution in [-0.4, -0.2) is 12.4 Å². The Labute approximate surface area is 119 Å². The second kappa shape index (κ2) is 6.01. The van der Waals surface area contributed by atoms with Crippen molar-refractivity contribution in [2.75, 3.05) is 6.61 Å². The van der Waals surface area contributed by atoms with Gasteiger partial charge in [0.2, 0.25) is 5.78 Å². The molecule has 0 atom stereocenters. The van der Waals surface area contributed by atoms with Gasteiger partial charge in [-0.05, 0) is 48.9 Å². The van der Waals surface area contributed by atoms with Gasteiger partial charge in [0.1, 0.15) is 17.4 Å². The van der Waals surface area contributed by atoms with Gasteiger partial charge >= 0.3 is 0 Å². The average molecular weight is 297 g/mol. The highest BCUT2D eigenvalue weighted by atomic mass is 35.5. The smallest absolute Gasteiger partial charge is 0.203 e. The standard InChI is InChI=1S/C15H11ClF2O2/c1-9-6-10(16)2-5-15(9)20-8-14(19)12-7-11(17)3-4-13(12)18/h2-7H,8H2,1H3. The van der Waals surface area contributed by atoms with E-state index < -0.39 is 17.4 Å². The number of halogens is 3. The minimum Gasteiger partial charge on any atom is -0.485 e. The molecular weight excluding hydrogens is 286 g/mol. The second-order valence-electron chi connectivity index (χ2n) is 4.25. The fourth-order valence-electron chi connectivity index (χ4n) is 1.71. The van der Waals surface area contributed by atoms with E-state index in [1.807, 2.05) is 0 Å². The summed E-state index contributed by atoms with van der Waals surface area (Å²) in [7, 11) is 0. The molecule has 0 N–H and O–H groups in total. The highest BCUT2D eigenvalue weighted by Crippen LogP contribution is 2.22. The third-order valence-corrected chi connectivity index (χ3v) is 2.96. The van der Waals surface area contributed by atoms with Gasteiger partial charge in [-0.3, -0.25) is 4.79 Å². The van der Waals surface area contributed by atoms with Gasteiger partial charge in [-0.1, -0.05) is 11.6 Å². The Morgan fingerprint density at radius 2 is 1.95 bits per heavy atom. The Bertz CT molecular complexity index is 656. The number of hydrogen-bond donors (Lipinski definition) is 0. The Kier molecular flexibility index (Phi) is 4.35. The number of rotatable bonds is 4. The maximum absolute atomic E-state index is 13.4. The normalized spacial score (nSPS) is 10.4. The van der Waals surface area contributed by atoms with E-state index in [4.69, 9.17) is 16.3 Å². The van der Waals surface area contributed by atoms with Gasteiger partial charge in [0.15, 0.2) is 6.61 Å². The van der Waals surface area contributed by atoms with Crippen LogP contribution in [-0.2, 0) is 0 Å². The quantitative estimate of drug-likeness (QED) is 0.791. The van der Waals surface area contributed by atoms with Crippen molar-refractivity contribution in [1.82, 2.24) is 0 Å². The van der Waals surface area contributed by atoms with Crippen molar-refractivity contribution in [3.05, 3.63) is 64.2 Å². The first-order valence-corrected chi connectivity index (χ1v) is 6.22. The van der Waals surface area contributed by atoms with Crippen LogP contribution < -0.4 is 4.74 Å². The van der Waals surface area contributed by atoms with Crippen LogP contribution in [0.1, 0.15) is 15.9 Å². The molecule has 0 saturated heterocycles. The Morgan fingerprint density at radius 3 is 2.65 bits per heavy atom. The molecule has 20 heavy (non-hydrogen) atoms. The van der Waals surface area contributed by atoms with E-state index >= 15 is 0 Å². The van der Waals surface area contributed by atoms with E-state index in [2.05, 4.69) is 0 Å². The summed E-state index contributed by atoms with van der Waals surface area (Å²) in [5, 5.41) is 0.553. The van der Waals surface area contributed by atoms with Crippen LogP contribution in [0.3, 0.4) is 0 Å². The van der Waals surface area contributed by atoms with Gasteiger partial charge in [-0.15, -0.1) is 0 Å². The monoisotopic (exact) mass is 296 g/mol. The lowest BCUT2D eigenvalue weighted by molar-refractivity contribution is 0.0916. The maximum Gasteiger partial charge on any atom is 0.203 e.